The summed E-state index contributed by atoms with van der Waals surface area (Å²) in [7, 11) is 0. The van der Waals surface area contributed by atoms with E-state index in [9.17, 15) is 10.5 Å². The molecule has 2 nitrogen and oxygen atoms in total. The van der Waals surface area contributed by atoms with E-state index in [4.69, 9.17) is 0 Å². The average molecular weight is 246 g/mol. The lowest BCUT2D eigenvalue weighted by Crippen LogP contribution is -2.26. The summed E-state index contributed by atoms with van der Waals surface area (Å²) in [6, 6.07) is 24.1. The van der Waals surface area contributed by atoms with Gasteiger partial charge in [0, 0.05) is 18.3 Å². The second-order valence-corrected chi connectivity index (χ2v) is 4.48. The fourth-order valence-electron chi connectivity index (χ4n) is 2.42. The summed E-state index contributed by atoms with van der Waals surface area (Å²) in [5, 5.41) is 18.4. The van der Waals surface area contributed by atoms with Crippen LogP contribution in [0.1, 0.15) is 24.0 Å². The Balaban J connectivity index is 2.62. The number of nitriles is 2. The van der Waals surface area contributed by atoms with Crippen molar-refractivity contribution in [2.45, 2.75) is 18.3 Å². The Bertz CT molecular complexity index is 546. The SMILES string of the molecule is N#CCC(CC#N)(c1ccccc1)c1ccccc1. The van der Waals surface area contributed by atoms with Gasteiger partial charge in [0.1, 0.15) is 0 Å². The van der Waals surface area contributed by atoms with E-state index in [0.29, 0.717) is 12.8 Å². The van der Waals surface area contributed by atoms with Gasteiger partial charge in [0.05, 0.1) is 12.1 Å². The minimum Gasteiger partial charge on any atom is -0.198 e. The van der Waals surface area contributed by atoms with Crippen LogP contribution in [-0.2, 0) is 5.41 Å². The smallest absolute Gasteiger partial charge is 0.0635 e. The second kappa shape index (κ2) is 5.85. The maximum atomic E-state index is 9.19. The first kappa shape index (κ1) is 12.9. The van der Waals surface area contributed by atoms with Gasteiger partial charge in [0.25, 0.3) is 0 Å². The molecule has 0 spiro atoms. The lowest BCUT2D eigenvalue weighted by molar-refractivity contribution is 0.539. The van der Waals surface area contributed by atoms with Gasteiger partial charge in [-0.25, -0.2) is 0 Å². The van der Waals surface area contributed by atoms with Crippen molar-refractivity contribution in [3.63, 3.8) is 0 Å². The average Bonchev–Trinajstić information content (AvgIpc) is 2.49. The van der Waals surface area contributed by atoms with Gasteiger partial charge in [-0.15, -0.1) is 0 Å². The van der Waals surface area contributed by atoms with Crippen LogP contribution >= 0.6 is 0 Å². The van der Waals surface area contributed by atoms with E-state index in [1.54, 1.807) is 0 Å². The summed E-state index contributed by atoms with van der Waals surface area (Å²) in [5.41, 5.74) is 1.50. The molecule has 0 fully saturated rings. The first-order valence-corrected chi connectivity index (χ1v) is 6.18. The minimum absolute atomic E-state index is 0.300. The molecule has 0 unspecified atom stereocenters. The Morgan fingerprint density at radius 3 is 1.37 bits per heavy atom. The molecule has 0 N–H and O–H groups in total. The highest BCUT2D eigenvalue weighted by atomic mass is 14.4. The van der Waals surface area contributed by atoms with Crippen molar-refractivity contribution in [2.24, 2.45) is 0 Å². The molecular weight excluding hydrogens is 232 g/mol. The van der Waals surface area contributed by atoms with Crippen molar-refractivity contribution < 1.29 is 0 Å². The zero-order chi connectivity index (χ0) is 13.6. The van der Waals surface area contributed by atoms with Crippen LogP contribution in [0.15, 0.2) is 60.7 Å². The predicted octanol–water partition coefficient (Wildman–Crippen LogP) is 3.80. The number of hydrogen-bond acceptors (Lipinski definition) is 2. The molecule has 0 aliphatic heterocycles. The van der Waals surface area contributed by atoms with E-state index < -0.39 is 5.41 Å². The van der Waals surface area contributed by atoms with E-state index in [1.807, 2.05) is 60.7 Å². The van der Waals surface area contributed by atoms with Gasteiger partial charge >= 0.3 is 0 Å². The summed E-state index contributed by atoms with van der Waals surface area (Å²) < 4.78 is 0. The highest BCUT2D eigenvalue weighted by Gasteiger charge is 2.33. The molecule has 0 radical (unpaired) electrons. The summed E-state index contributed by atoms with van der Waals surface area (Å²) in [6.07, 6.45) is 0.600. The van der Waals surface area contributed by atoms with Crippen LogP contribution in [0.2, 0.25) is 0 Å². The van der Waals surface area contributed by atoms with Crippen LogP contribution < -0.4 is 0 Å². The quantitative estimate of drug-likeness (QED) is 0.823. The number of nitrogens with zero attached hydrogens (tertiary/aromatic N) is 2. The molecule has 0 amide bonds. The van der Waals surface area contributed by atoms with Crippen LogP contribution in [0.25, 0.3) is 0 Å². The molecule has 0 bridgehead atoms. The van der Waals surface area contributed by atoms with Crippen LogP contribution in [0, 0.1) is 22.7 Å². The first-order valence-electron chi connectivity index (χ1n) is 6.18. The highest BCUT2D eigenvalue weighted by Crippen LogP contribution is 2.38. The van der Waals surface area contributed by atoms with Gasteiger partial charge in [-0.3, -0.25) is 0 Å². The third-order valence-electron chi connectivity index (χ3n) is 3.41. The van der Waals surface area contributed by atoms with E-state index >= 15 is 0 Å². The molecule has 0 aromatic heterocycles. The fraction of sp³-hybridized carbons (Fsp3) is 0.176. The van der Waals surface area contributed by atoms with E-state index in [2.05, 4.69) is 12.1 Å². The summed E-state index contributed by atoms with van der Waals surface area (Å²) in [5.74, 6) is 0. The van der Waals surface area contributed by atoms with E-state index in [-0.39, 0.29) is 0 Å². The molecule has 2 heteroatoms. The zero-order valence-corrected chi connectivity index (χ0v) is 10.6. The van der Waals surface area contributed by atoms with Gasteiger partial charge in [-0.2, -0.15) is 10.5 Å². The summed E-state index contributed by atoms with van der Waals surface area (Å²) >= 11 is 0. The lowest BCUT2D eigenvalue weighted by atomic mass is 9.70. The largest absolute Gasteiger partial charge is 0.198 e. The molecule has 19 heavy (non-hydrogen) atoms. The molecule has 2 aromatic carbocycles. The maximum Gasteiger partial charge on any atom is 0.0635 e. The number of rotatable bonds is 4. The van der Waals surface area contributed by atoms with Gasteiger partial charge in [0.2, 0.25) is 0 Å². The van der Waals surface area contributed by atoms with Crippen LogP contribution in [0.5, 0.6) is 0 Å². The van der Waals surface area contributed by atoms with Crippen LogP contribution in [0.3, 0.4) is 0 Å². The Kier molecular flexibility index (Phi) is 3.96. The normalized spacial score (nSPS) is 10.4. The lowest BCUT2D eigenvalue weighted by Gasteiger charge is -2.30. The zero-order valence-electron chi connectivity index (χ0n) is 10.6. The predicted molar refractivity (Wildman–Crippen MR) is 74.1 cm³/mol. The Hall–Kier alpha value is -2.58. The number of hydrogen-bond donors (Lipinski definition) is 0. The van der Waals surface area contributed by atoms with Crippen molar-refractivity contribution in [3.8, 4) is 12.1 Å². The molecular formula is C17H14N2. The monoisotopic (exact) mass is 246 g/mol. The van der Waals surface area contributed by atoms with E-state index in [1.165, 1.54) is 0 Å². The number of benzene rings is 2. The summed E-state index contributed by atoms with van der Waals surface area (Å²) in [6.45, 7) is 0. The Labute approximate surface area is 113 Å². The van der Waals surface area contributed by atoms with Crippen LogP contribution in [0.4, 0.5) is 0 Å². The molecule has 2 rings (SSSR count). The molecule has 0 atom stereocenters. The molecule has 0 aliphatic rings. The molecule has 0 saturated heterocycles. The molecule has 0 aliphatic carbocycles. The first-order chi connectivity index (χ1) is 9.33. The standard InChI is InChI=1S/C17H14N2/c18-13-11-17(12-14-19,15-7-3-1-4-8-15)16-9-5-2-6-10-16/h1-10H,11-12H2. The van der Waals surface area contributed by atoms with Gasteiger partial charge in [-0.1, -0.05) is 60.7 Å². The maximum absolute atomic E-state index is 9.19. The van der Waals surface area contributed by atoms with Gasteiger partial charge in [-0.05, 0) is 11.1 Å². The second-order valence-electron chi connectivity index (χ2n) is 4.48. The Morgan fingerprint density at radius 1 is 0.684 bits per heavy atom. The molecule has 0 heterocycles. The molecule has 92 valence electrons. The third-order valence-corrected chi connectivity index (χ3v) is 3.41. The van der Waals surface area contributed by atoms with Crippen LogP contribution in [-0.4, -0.2) is 0 Å². The highest BCUT2D eigenvalue weighted by molar-refractivity contribution is 5.41. The van der Waals surface area contributed by atoms with Crippen molar-refractivity contribution in [2.75, 3.05) is 0 Å². The van der Waals surface area contributed by atoms with Gasteiger partial charge < -0.3 is 0 Å². The summed E-state index contributed by atoms with van der Waals surface area (Å²) in [4.78, 5) is 0. The molecule has 2 aromatic rings. The van der Waals surface area contributed by atoms with Crippen molar-refractivity contribution in [1.82, 2.24) is 0 Å². The van der Waals surface area contributed by atoms with Crippen molar-refractivity contribution >= 4 is 0 Å². The van der Waals surface area contributed by atoms with E-state index in [0.717, 1.165) is 11.1 Å². The Morgan fingerprint density at radius 2 is 1.05 bits per heavy atom. The van der Waals surface area contributed by atoms with Crippen molar-refractivity contribution in [3.05, 3.63) is 71.8 Å². The fourth-order valence-corrected chi connectivity index (χ4v) is 2.42. The third kappa shape index (κ3) is 2.49. The molecule has 0 saturated carbocycles. The minimum atomic E-state index is -0.536. The van der Waals surface area contributed by atoms with Gasteiger partial charge in [0.15, 0.2) is 0 Å². The van der Waals surface area contributed by atoms with Crippen molar-refractivity contribution in [1.29, 1.82) is 10.5 Å². The topological polar surface area (TPSA) is 47.6 Å².